The van der Waals surface area contributed by atoms with E-state index in [1.165, 1.54) is 0 Å². The molecule has 3 rings (SSSR count). The molecule has 7 nitrogen and oxygen atoms in total. The molecule has 1 aliphatic heterocycles. The number of carboxylic acid groups (broad SMARTS) is 2. The third-order valence-electron chi connectivity index (χ3n) is 4.52. The van der Waals surface area contributed by atoms with Crippen LogP contribution in [-0.4, -0.2) is 44.8 Å². The highest BCUT2D eigenvalue weighted by Crippen LogP contribution is 2.32. The molecule has 0 bridgehead atoms. The predicted molar refractivity (Wildman–Crippen MR) is 92.8 cm³/mol. The molecule has 0 aromatic heterocycles. The first-order valence-electron chi connectivity index (χ1n) is 8.08. The normalized spacial score (nSPS) is 18.4. The Bertz CT molecular complexity index is 781. The Hall–Kier alpha value is -3.35. The fourth-order valence-corrected chi connectivity index (χ4v) is 3.51. The molecule has 0 unspecified atom stereocenters. The molecule has 1 fully saturated rings. The number of nitrogens with zero attached hydrogens (tertiary/aromatic N) is 1. The highest BCUT2D eigenvalue weighted by molar-refractivity contribution is 5.99. The standard InChI is InChI=1S/C19H18N2O5/c22-16(23)15-19(11-13-7-3-1-4-8-13,12-14-9-5-2-6-10-14)20-17(24)21(15)18(25)26/h1-10,15H,11-12H2,(H,20,24)(H,22,23)(H,25,26)/t15-/m1/s1. The van der Waals surface area contributed by atoms with Crippen molar-refractivity contribution in [2.75, 3.05) is 0 Å². The second-order valence-electron chi connectivity index (χ2n) is 6.30. The number of nitrogens with one attached hydrogen (secondary N) is 1. The summed E-state index contributed by atoms with van der Waals surface area (Å²) in [7, 11) is 0. The van der Waals surface area contributed by atoms with Gasteiger partial charge in [-0.3, -0.25) is 0 Å². The molecule has 1 heterocycles. The lowest BCUT2D eigenvalue weighted by atomic mass is 9.79. The molecule has 1 aliphatic rings. The molecule has 2 aromatic rings. The van der Waals surface area contributed by atoms with Gasteiger partial charge < -0.3 is 15.5 Å². The number of imide groups is 1. The van der Waals surface area contributed by atoms with Crippen LogP contribution in [0.4, 0.5) is 9.59 Å². The number of carbonyl (C=O) groups excluding carboxylic acids is 1. The van der Waals surface area contributed by atoms with Gasteiger partial charge in [0.25, 0.3) is 0 Å². The van der Waals surface area contributed by atoms with E-state index < -0.39 is 29.7 Å². The molecular formula is C19H18N2O5. The molecular weight excluding hydrogens is 336 g/mol. The number of hydrogen-bond acceptors (Lipinski definition) is 3. The van der Waals surface area contributed by atoms with Gasteiger partial charge in [-0.25, -0.2) is 19.3 Å². The van der Waals surface area contributed by atoms with Gasteiger partial charge in [-0.2, -0.15) is 0 Å². The molecule has 2 aromatic carbocycles. The highest BCUT2D eigenvalue weighted by atomic mass is 16.4. The summed E-state index contributed by atoms with van der Waals surface area (Å²) in [6, 6.07) is 15.7. The van der Waals surface area contributed by atoms with Crippen LogP contribution in [-0.2, 0) is 17.6 Å². The Kier molecular flexibility index (Phi) is 4.62. The second kappa shape index (κ2) is 6.87. The maximum atomic E-state index is 12.3. The Morgan fingerprint density at radius 3 is 1.77 bits per heavy atom. The van der Waals surface area contributed by atoms with Crippen molar-refractivity contribution < 1.29 is 24.6 Å². The predicted octanol–water partition coefficient (Wildman–Crippen LogP) is 2.37. The van der Waals surface area contributed by atoms with Gasteiger partial charge in [0.05, 0.1) is 5.54 Å². The first-order valence-corrected chi connectivity index (χ1v) is 8.08. The van der Waals surface area contributed by atoms with E-state index in [4.69, 9.17) is 0 Å². The van der Waals surface area contributed by atoms with Crippen LogP contribution in [0, 0.1) is 0 Å². The zero-order chi connectivity index (χ0) is 18.7. The Morgan fingerprint density at radius 1 is 0.923 bits per heavy atom. The minimum absolute atomic E-state index is 0.190. The number of urea groups is 1. The number of amides is 3. The van der Waals surface area contributed by atoms with E-state index in [9.17, 15) is 24.6 Å². The van der Waals surface area contributed by atoms with E-state index in [0.29, 0.717) is 4.90 Å². The van der Waals surface area contributed by atoms with Crippen LogP contribution in [0.5, 0.6) is 0 Å². The van der Waals surface area contributed by atoms with Crippen molar-refractivity contribution in [3.63, 3.8) is 0 Å². The Labute approximate surface area is 149 Å². The van der Waals surface area contributed by atoms with Crippen LogP contribution >= 0.6 is 0 Å². The van der Waals surface area contributed by atoms with Crippen molar-refractivity contribution in [1.29, 1.82) is 0 Å². The smallest absolute Gasteiger partial charge is 0.416 e. The van der Waals surface area contributed by atoms with Gasteiger partial charge in [0.2, 0.25) is 0 Å². The number of carbonyl (C=O) groups is 3. The maximum Gasteiger partial charge on any atom is 0.416 e. The molecule has 7 heteroatoms. The lowest BCUT2D eigenvalue weighted by Gasteiger charge is -2.33. The van der Waals surface area contributed by atoms with E-state index in [-0.39, 0.29) is 12.8 Å². The number of benzene rings is 2. The van der Waals surface area contributed by atoms with Crippen LogP contribution in [0.25, 0.3) is 0 Å². The molecule has 3 amide bonds. The van der Waals surface area contributed by atoms with Gasteiger partial charge in [-0.15, -0.1) is 0 Å². The third-order valence-corrected chi connectivity index (χ3v) is 4.52. The number of carboxylic acids is 1. The largest absolute Gasteiger partial charge is 0.480 e. The monoisotopic (exact) mass is 354 g/mol. The van der Waals surface area contributed by atoms with Crippen molar-refractivity contribution in [3.8, 4) is 0 Å². The maximum absolute atomic E-state index is 12.3. The van der Waals surface area contributed by atoms with Gasteiger partial charge in [-0.05, 0) is 24.0 Å². The van der Waals surface area contributed by atoms with Crippen LogP contribution in [0.1, 0.15) is 11.1 Å². The SMILES string of the molecule is O=C(O)[C@H]1N(C(=O)O)C(=O)NC1(Cc1ccccc1)Cc1ccccc1. The van der Waals surface area contributed by atoms with Gasteiger partial charge in [-0.1, -0.05) is 60.7 Å². The second-order valence-corrected chi connectivity index (χ2v) is 6.30. The molecule has 134 valence electrons. The van der Waals surface area contributed by atoms with Crippen LogP contribution < -0.4 is 5.32 Å². The first kappa shape index (κ1) is 17.5. The van der Waals surface area contributed by atoms with Crippen LogP contribution in [0.3, 0.4) is 0 Å². The van der Waals surface area contributed by atoms with E-state index in [1.807, 2.05) is 60.7 Å². The summed E-state index contributed by atoms with van der Waals surface area (Å²) in [5.41, 5.74) is 0.328. The zero-order valence-electron chi connectivity index (χ0n) is 13.8. The summed E-state index contributed by atoms with van der Waals surface area (Å²) in [4.78, 5) is 36.1. The average Bonchev–Trinajstić information content (AvgIpc) is 2.88. The molecule has 1 atom stereocenters. The number of rotatable bonds is 5. The highest BCUT2D eigenvalue weighted by Gasteiger charge is 2.57. The fraction of sp³-hybridized carbons (Fsp3) is 0.211. The van der Waals surface area contributed by atoms with Crippen molar-refractivity contribution >= 4 is 18.1 Å². The number of aliphatic carboxylic acids is 1. The lowest BCUT2D eigenvalue weighted by Crippen LogP contribution is -2.57. The summed E-state index contributed by atoms with van der Waals surface area (Å²) in [6.07, 6.45) is -1.21. The molecule has 26 heavy (non-hydrogen) atoms. The minimum Gasteiger partial charge on any atom is -0.480 e. The molecule has 0 radical (unpaired) electrons. The Balaban J connectivity index is 2.08. The summed E-state index contributed by atoms with van der Waals surface area (Å²) in [6.45, 7) is 0. The zero-order valence-corrected chi connectivity index (χ0v) is 13.8. The van der Waals surface area contributed by atoms with Crippen molar-refractivity contribution in [2.24, 2.45) is 0 Å². The Morgan fingerprint density at radius 2 is 1.38 bits per heavy atom. The molecule has 0 saturated carbocycles. The molecule has 0 aliphatic carbocycles. The topological polar surface area (TPSA) is 107 Å². The summed E-state index contributed by atoms with van der Waals surface area (Å²) in [5, 5.41) is 21.8. The lowest BCUT2D eigenvalue weighted by molar-refractivity contribution is -0.143. The molecule has 0 spiro atoms. The average molecular weight is 354 g/mol. The summed E-state index contributed by atoms with van der Waals surface area (Å²) < 4.78 is 0. The van der Waals surface area contributed by atoms with Crippen molar-refractivity contribution in [3.05, 3.63) is 71.8 Å². The van der Waals surface area contributed by atoms with E-state index in [2.05, 4.69) is 5.32 Å². The quantitative estimate of drug-likeness (QED) is 0.764. The van der Waals surface area contributed by atoms with Gasteiger partial charge >= 0.3 is 18.1 Å². The minimum atomic E-state index is -1.59. The van der Waals surface area contributed by atoms with E-state index in [0.717, 1.165) is 11.1 Å². The van der Waals surface area contributed by atoms with Crippen molar-refractivity contribution in [1.82, 2.24) is 10.2 Å². The molecule has 3 N–H and O–H groups in total. The third kappa shape index (κ3) is 3.23. The summed E-state index contributed by atoms with van der Waals surface area (Å²) >= 11 is 0. The van der Waals surface area contributed by atoms with E-state index >= 15 is 0 Å². The summed E-state index contributed by atoms with van der Waals surface area (Å²) in [5.74, 6) is -1.36. The van der Waals surface area contributed by atoms with Crippen molar-refractivity contribution in [2.45, 2.75) is 24.4 Å². The number of hydrogen-bond donors (Lipinski definition) is 3. The van der Waals surface area contributed by atoms with Crippen LogP contribution in [0.2, 0.25) is 0 Å². The first-order chi connectivity index (χ1) is 12.4. The van der Waals surface area contributed by atoms with Gasteiger partial charge in [0, 0.05) is 0 Å². The fourth-order valence-electron chi connectivity index (χ4n) is 3.51. The van der Waals surface area contributed by atoms with E-state index in [1.54, 1.807) is 0 Å². The molecule has 1 saturated heterocycles. The van der Waals surface area contributed by atoms with Crippen LogP contribution in [0.15, 0.2) is 60.7 Å². The van der Waals surface area contributed by atoms with Gasteiger partial charge in [0.15, 0.2) is 6.04 Å². The van der Waals surface area contributed by atoms with Gasteiger partial charge in [0.1, 0.15) is 0 Å².